The van der Waals surface area contributed by atoms with E-state index in [1.165, 1.54) is 11.8 Å². The number of ether oxygens (including phenoxy) is 1. The van der Waals surface area contributed by atoms with Crippen LogP contribution in [-0.2, 0) is 0 Å². The Hall–Kier alpha value is -1.48. The Labute approximate surface area is 105 Å². The molecular weight excluding hydrogens is 235 g/mol. The minimum absolute atomic E-state index is 0.175. The van der Waals surface area contributed by atoms with Gasteiger partial charge in [0.25, 0.3) is 0 Å². The fourth-order valence-electron chi connectivity index (χ4n) is 1.63. The molecule has 0 aliphatic carbocycles. The van der Waals surface area contributed by atoms with E-state index in [-0.39, 0.29) is 5.82 Å². The summed E-state index contributed by atoms with van der Waals surface area (Å²) in [5.74, 6) is 0.626. The van der Waals surface area contributed by atoms with Crippen molar-refractivity contribution in [3.8, 4) is 16.9 Å². The van der Waals surface area contributed by atoms with Gasteiger partial charge >= 0.3 is 0 Å². The molecule has 0 unspecified atom stereocenters. The molecule has 0 spiro atoms. The van der Waals surface area contributed by atoms with Gasteiger partial charge in [0.15, 0.2) is 0 Å². The van der Waals surface area contributed by atoms with Crippen molar-refractivity contribution >= 4 is 11.8 Å². The molecule has 88 valence electrons. The maximum atomic E-state index is 13.6. The summed E-state index contributed by atoms with van der Waals surface area (Å²) < 4.78 is 18.7. The van der Waals surface area contributed by atoms with E-state index in [4.69, 9.17) is 4.74 Å². The van der Waals surface area contributed by atoms with Crippen LogP contribution in [-0.4, -0.2) is 13.4 Å². The van der Waals surface area contributed by atoms with Crippen LogP contribution in [0.4, 0.5) is 4.39 Å². The van der Waals surface area contributed by atoms with Crippen LogP contribution in [0.25, 0.3) is 11.1 Å². The van der Waals surface area contributed by atoms with Crippen LogP contribution in [0.5, 0.6) is 5.75 Å². The lowest BCUT2D eigenvalue weighted by molar-refractivity contribution is 0.415. The molecule has 0 fully saturated rings. The highest BCUT2D eigenvalue weighted by Gasteiger charge is 2.04. The standard InChI is InChI=1S/C14H13FOS/c1-16-12-6-3-10(4-7-12)11-5-8-14(17-2)13(15)9-11/h3-9H,1-2H3. The monoisotopic (exact) mass is 248 g/mol. The van der Waals surface area contributed by atoms with E-state index in [1.54, 1.807) is 19.2 Å². The number of rotatable bonds is 3. The molecule has 0 aliphatic rings. The third-order valence-electron chi connectivity index (χ3n) is 2.58. The van der Waals surface area contributed by atoms with Crippen molar-refractivity contribution < 1.29 is 9.13 Å². The van der Waals surface area contributed by atoms with Crippen LogP contribution in [0.2, 0.25) is 0 Å². The SMILES string of the molecule is COc1ccc(-c2ccc(SC)c(F)c2)cc1. The molecule has 0 bridgehead atoms. The molecule has 0 amide bonds. The van der Waals surface area contributed by atoms with Gasteiger partial charge in [-0.3, -0.25) is 0 Å². The van der Waals surface area contributed by atoms with Crippen molar-refractivity contribution in [2.45, 2.75) is 4.90 Å². The molecular formula is C14H13FOS. The van der Waals surface area contributed by atoms with E-state index < -0.39 is 0 Å². The highest BCUT2D eigenvalue weighted by molar-refractivity contribution is 7.98. The first-order valence-corrected chi connectivity index (χ1v) is 6.45. The topological polar surface area (TPSA) is 9.23 Å². The minimum Gasteiger partial charge on any atom is -0.497 e. The van der Waals surface area contributed by atoms with Gasteiger partial charge in [0.1, 0.15) is 11.6 Å². The number of thioether (sulfide) groups is 1. The van der Waals surface area contributed by atoms with E-state index in [1.807, 2.05) is 36.6 Å². The minimum atomic E-state index is -0.175. The summed E-state index contributed by atoms with van der Waals surface area (Å²) in [6.45, 7) is 0. The molecule has 0 aliphatic heterocycles. The van der Waals surface area contributed by atoms with Gasteiger partial charge in [-0.15, -0.1) is 11.8 Å². The second kappa shape index (κ2) is 5.23. The highest BCUT2D eigenvalue weighted by Crippen LogP contribution is 2.27. The fraction of sp³-hybridized carbons (Fsp3) is 0.143. The van der Waals surface area contributed by atoms with Crippen LogP contribution in [0.1, 0.15) is 0 Å². The molecule has 0 atom stereocenters. The van der Waals surface area contributed by atoms with E-state index >= 15 is 0 Å². The van der Waals surface area contributed by atoms with Crippen LogP contribution < -0.4 is 4.74 Å². The van der Waals surface area contributed by atoms with Crippen molar-refractivity contribution in [2.75, 3.05) is 13.4 Å². The van der Waals surface area contributed by atoms with Gasteiger partial charge in [-0.2, -0.15) is 0 Å². The predicted molar refractivity (Wildman–Crippen MR) is 70.2 cm³/mol. The fourth-order valence-corrected chi connectivity index (χ4v) is 2.09. The Morgan fingerprint density at radius 3 is 2.18 bits per heavy atom. The average Bonchev–Trinajstić information content (AvgIpc) is 2.39. The summed E-state index contributed by atoms with van der Waals surface area (Å²) in [4.78, 5) is 0.669. The zero-order valence-electron chi connectivity index (χ0n) is 9.74. The summed E-state index contributed by atoms with van der Waals surface area (Å²) in [6, 6.07) is 12.9. The maximum Gasteiger partial charge on any atom is 0.137 e. The Balaban J connectivity index is 2.35. The second-order valence-electron chi connectivity index (χ2n) is 3.58. The molecule has 3 heteroatoms. The lowest BCUT2D eigenvalue weighted by Gasteiger charge is -2.05. The largest absolute Gasteiger partial charge is 0.497 e. The Morgan fingerprint density at radius 2 is 1.65 bits per heavy atom. The van der Waals surface area contributed by atoms with Crippen LogP contribution in [0, 0.1) is 5.82 Å². The molecule has 2 aromatic rings. The predicted octanol–water partition coefficient (Wildman–Crippen LogP) is 4.22. The van der Waals surface area contributed by atoms with Crippen LogP contribution in [0.15, 0.2) is 47.4 Å². The highest BCUT2D eigenvalue weighted by atomic mass is 32.2. The number of hydrogen-bond acceptors (Lipinski definition) is 2. The Kier molecular flexibility index (Phi) is 3.69. The van der Waals surface area contributed by atoms with Crippen molar-refractivity contribution in [1.82, 2.24) is 0 Å². The first-order chi connectivity index (χ1) is 8.24. The maximum absolute atomic E-state index is 13.6. The molecule has 0 heterocycles. The molecule has 17 heavy (non-hydrogen) atoms. The van der Waals surface area contributed by atoms with Crippen molar-refractivity contribution in [2.24, 2.45) is 0 Å². The smallest absolute Gasteiger partial charge is 0.137 e. The van der Waals surface area contributed by atoms with Gasteiger partial charge in [-0.05, 0) is 41.6 Å². The van der Waals surface area contributed by atoms with E-state index in [0.717, 1.165) is 16.9 Å². The molecule has 0 saturated carbocycles. The summed E-state index contributed by atoms with van der Waals surface area (Å²) in [5, 5.41) is 0. The second-order valence-corrected chi connectivity index (χ2v) is 4.43. The Bertz CT molecular complexity index is 508. The molecule has 2 aromatic carbocycles. The van der Waals surface area contributed by atoms with Crippen molar-refractivity contribution in [1.29, 1.82) is 0 Å². The summed E-state index contributed by atoms with van der Waals surface area (Å²) >= 11 is 1.41. The van der Waals surface area contributed by atoms with Gasteiger partial charge in [0.2, 0.25) is 0 Å². The summed E-state index contributed by atoms with van der Waals surface area (Å²) in [7, 11) is 1.63. The van der Waals surface area contributed by atoms with E-state index in [2.05, 4.69) is 0 Å². The zero-order chi connectivity index (χ0) is 12.3. The molecule has 2 rings (SSSR count). The third-order valence-corrected chi connectivity index (χ3v) is 3.35. The van der Waals surface area contributed by atoms with Gasteiger partial charge in [-0.25, -0.2) is 4.39 Å². The van der Waals surface area contributed by atoms with Gasteiger partial charge in [-0.1, -0.05) is 18.2 Å². The normalized spacial score (nSPS) is 10.3. The number of hydrogen-bond donors (Lipinski definition) is 0. The molecule has 0 N–H and O–H groups in total. The van der Waals surface area contributed by atoms with Gasteiger partial charge < -0.3 is 4.74 Å². The summed E-state index contributed by atoms with van der Waals surface area (Å²) in [5.41, 5.74) is 1.86. The van der Waals surface area contributed by atoms with Crippen molar-refractivity contribution in [3.05, 3.63) is 48.3 Å². The molecule has 1 nitrogen and oxygen atoms in total. The van der Waals surface area contributed by atoms with Gasteiger partial charge in [0.05, 0.1) is 7.11 Å². The quantitative estimate of drug-likeness (QED) is 0.752. The van der Waals surface area contributed by atoms with E-state index in [9.17, 15) is 4.39 Å². The number of benzene rings is 2. The van der Waals surface area contributed by atoms with Crippen LogP contribution >= 0.6 is 11.8 Å². The average molecular weight is 248 g/mol. The summed E-state index contributed by atoms with van der Waals surface area (Å²) in [6.07, 6.45) is 1.87. The lowest BCUT2D eigenvalue weighted by Crippen LogP contribution is -1.85. The van der Waals surface area contributed by atoms with Crippen LogP contribution in [0.3, 0.4) is 0 Å². The van der Waals surface area contributed by atoms with E-state index in [0.29, 0.717) is 4.90 Å². The third kappa shape index (κ3) is 2.61. The first kappa shape index (κ1) is 12.0. The lowest BCUT2D eigenvalue weighted by atomic mass is 10.1. The van der Waals surface area contributed by atoms with Crippen molar-refractivity contribution in [3.63, 3.8) is 0 Å². The molecule has 0 aromatic heterocycles. The molecule has 0 radical (unpaired) electrons. The number of methoxy groups -OCH3 is 1. The first-order valence-electron chi connectivity index (χ1n) is 5.22. The Morgan fingerprint density at radius 1 is 1.00 bits per heavy atom. The molecule has 0 saturated heterocycles. The number of halogens is 1. The zero-order valence-corrected chi connectivity index (χ0v) is 10.6. The van der Waals surface area contributed by atoms with Gasteiger partial charge in [0, 0.05) is 4.90 Å².